The smallest absolute Gasteiger partial charge is 0.354 e. The van der Waals surface area contributed by atoms with Gasteiger partial charge in [0, 0.05) is 23.6 Å². The topological polar surface area (TPSA) is 76.5 Å². The molecule has 0 saturated carbocycles. The molecular weight excluding hydrogens is 425 g/mol. The normalized spacial score (nSPS) is 22.0. The Hall–Kier alpha value is -2.37. The number of aromatic nitrogens is 1. The monoisotopic (exact) mass is 445 g/mol. The predicted molar refractivity (Wildman–Crippen MR) is 115 cm³/mol. The molecule has 156 valence electrons. The summed E-state index contributed by atoms with van der Waals surface area (Å²) in [6, 6.07) is 6.75. The number of ether oxygens (including phenoxy) is 1. The Labute approximate surface area is 184 Å². The van der Waals surface area contributed by atoms with E-state index in [2.05, 4.69) is 11.9 Å². The molecule has 7 heteroatoms. The first-order valence-corrected chi connectivity index (χ1v) is 10.6. The van der Waals surface area contributed by atoms with E-state index in [1.165, 1.54) is 13.1 Å². The zero-order valence-electron chi connectivity index (χ0n) is 16.7. The molecular formula is C23H21Cl2NO4. The third kappa shape index (κ3) is 3.12. The van der Waals surface area contributed by atoms with E-state index in [-0.39, 0.29) is 32.7 Å². The van der Waals surface area contributed by atoms with Crippen LogP contribution in [0, 0.1) is 5.41 Å². The molecule has 2 aromatic rings. The second-order valence-corrected chi connectivity index (χ2v) is 8.78. The number of benzene rings is 1. The number of fused-ring (bicyclic) bond motifs is 3. The number of carboxylic acid groups (broad SMARTS) is 1. The third-order valence-electron chi connectivity index (χ3n) is 6.33. The highest BCUT2D eigenvalue weighted by molar-refractivity contribution is 6.44. The number of nitrogens with zero attached hydrogens (tertiary/aromatic N) is 1. The van der Waals surface area contributed by atoms with E-state index in [1.54, 1.807) is 30.3 Å². The van der Waals surface area contributed by atoms with Crippen molar-refractivity contribution in [3.05, 3.63) is 63.4 Å². The second-order valence-electron chi connectivity index (χ2n) is 8.03. The Bertz CT molecular complexity index is 1080. The zero-order chi connectivity index (χ0) is 21.7. The van der Waals surface area contributed by atoms with Gasteiger partial charge in [-0.25, -0.2) is 4.79 Å². The molecule has 2 atom stereocenters. The third-order valence-corrected chi connectivity index (χ3v) is 7.18. The number of carboxylic acids is 1. The lowest BCUT2D eigenvalue weighted by Crippen LogP contribution is -2.39. The van der Waals surface area contributed by atoms with Crippen LogP contribution in [0.3, 0.4) is 0 Å². The summed E-state index contributed by atoms with van der Waals surface area (Å²) < 4.78 is 5.96. The molecule has 2 aliphatic rings. The van der Waals surface area contributed by atoms with Crippen molar-refractivity contribution >= 4 is 40.5 Å². The number of carbonyl (C=O) groups excluding carboxylic acids is 1. The molecule has 4 rings (SSSR count). The minimum Gasteiger partial charge on any atom is -0.478 e. The van der Waals surface area contributed by atoms with Crippen molar-refractivity contribution in [1.29, 1.82) is 0 Å². The summed E-state index contributed by atoms with van der Waals surface area (Å²) in [4.78, 5) is 28.4. The summed E-state index contributed by atoms with van der Waals surface area (Å²) in [5, 5.41) is 10.3. The number of pyridine rings is 1. The number of rotatable bonds is 5. The van der Waals surface area contributed by atoms with Crippen LogP contribution in [-0.2, 0) is 21.6 Å². The van der Waals surface area contributed by atoms with Crippen molar-refractivity contribution in [2.24, 2.45) is 5.41 Å². The van der Waals surface area contributed by atoms with Crippen LogP contribution in [0.1, 0.15) is 49.9 Å². The first-order valence-electron chi connectivity index (χ1n) is 9.82. The zero-order valence-corrected chi connectivity index (χ0v) is 18.2. The van der Waals surface area contributed by atoms with Gasteiger partial charge in [0.1, 0.15) is 10.8 Å². The van der Waals surface area contributed by atoms with Gasteiger partial charge in [-0.2, -0.15) is 0 Å². The van der Waals surface area contributed by atoms with Crippen molar-refractivity contribution in [3.63, 3.8) is 0 Å². The van der Waals surface area contributed by atoms with Crippen LogP contribution in [0.15, 0.2) is 36.5 Å². The van der Waals surface area contributed by atoms with E-state index in [0.29, 0.717) is 12.8 Å². The average Bonchev–Trinajstić information content (AvgIpc) is 3.06. The lowest BCUT2D eigenvalue weighted by Gasteiger charge is -2.32. The Balaban J connectivity index is 1.83. The lowest BCUT2D eigenvalue weighted by atomic mass is 9.71. The highest BCUT2D eigenvalue weighted by Crippen LogP contribution is 2.58. The van der Waals surface area contributed by atoms with Gasteiger partial charge in [-0.3, -0.25) is 9.78 Å². The molecule has 5 nitrogen and oxygen atoms in total. The number of aliphatic carboxylic acids is 1. The fraction of sp³-hybridized carbons (Fsp3) is 0.348. The van der Waals surface area contributed by atoms with Gasteiger partial charge < -0.3 is 9.84 Å². The fourth-order valence-electron chi connectivity index (χ4n) is 4.49. The van der Waals surface area contributed by atoms with Crippen molar-refractivity contribution in [3.8, 4) is 5.75 Å². The molecule has 0 saturated heterocycles. The summed E-state index contributed by atoms with van der Waals surface area (Å²) in [5.41, 5.74) is 0.970. The number of halogens is 2. The van der Waals surface area contributed by atoms with Crippen LogP contribution < -0.4 is 4.74 Å². The molecule has 0 fully saturated rings. The molecule has 1 N–H and O–H groups in total. The van der Waals surface area contributed by atoms with Gasteiger partial charge in [-0.15, -0.1) is 0 Å². The van der Waals surface area contributed by atoms with Crippen molar-refractivity contribution in [2.75, 3.05) is 0 Å². The maximum Gasteiger partial charge on any atom is 0.354 e. The average molecular weight is 446 g/mol. The van der Waals surface area contributed by atoms with Gasteiger partial charge in [0.05, 0.1) is 10.7 Å². The van der Waals surface area contributed by atoms with E-state index in [9.17, 15) is 14.7 Å². The summed E-state index contributed by atoms with van der Waals surface area (Å²) >= 11 is 13.2. The lowest BCUT2D eigenvalue weighted by molar-refractivity contribution is -0.155. The predicted octanol–water partition coefficient (Wildman–Crippen LogP) is 5.47. The maximum atomic E-state index is 12.1. The van der Waals surface area contributed by atoms with E-state index in [1.807, 2.05) is 0 Å². The molecule has 1 aromatic heterocycles. The first-order chi connectivity index (χ1) is 14.2. The Kier molecular flexibility index (Phi) is 5.15. The number of hydrogen-bond acceptors (Lipinski definition) is 4. The summed E-state index contributed by atoms with van der Waals surface area (Å²) in [7, 11) is 0. The van der Waals surface area contributed by atoms with E-state index in [4.69, 9.17) is 27.9 Å². The quantitative estimate of drug-likeness (QED) is 0.660. The van der Waals surface area contributed by atoms with Crippen molar-refractivity contribution < 1.29 is 19.4 Å². The highest BCUT2D eigenvalue weighted by atomic mass is 35.5. The van der Waals surface area contributed by atoms with Crippen molar-refractivity contribution in [2.45, 2.75) is 45.1 Å². The highest BCUT2D eigenvalue weighted by Gasteiger charge is 2.46. The Morgan fingerprint density at radius 1 is 1.33 bits per heavy atom. The molecule has 2 unspecified atom stereocenters. The second kappa shape index (κ2) is 7.40. The van der Waals surface area contributed by atoms with Crippen LogP contribution in [0.5, 0.6) is 5.75 Å². The van der Waals surface area contributed by atoms with Gasteiger partial charge in [-0.05, 0) is 61.6 Å². The molecule has 30 heavy (non-hydrogen) atoms. The van der Waals surface area contributed by atoms with Crippen LogP contribution >= 0.6 is 23.2 Å². The van der Waals surface area contributed by atoms with E-state index >= 15 is 0 Å². The van der Waals surface area contributed by atoms with Crippen LogP contribution in [-0.4, -0.2) is 21.8 Å². The van der Waals surface area contributed by atoms with Crippen molar-refractivity contribution in [1.82, 2.24) is 4.98 Å². The minimum atomic E-state index is -1.74. The standard InChI is InChI=1S/C23H21Cl2NO4/c1-3-23-8-7-14(27)11-15(23)18-13(12-23)10-16(19(24)20(18)25)30-22(2,21(28)29)17-6-4-5-9-26-17/h4-6,9-11H,3,7-8,12H2,1-2H3,(H,28,29). The molecule has 0 amide bonds. The van der Waals surface area contributed by atoms with Gasteiger partial charge in [-0.1, -0.05) is 36.2 Å². The van der Waals surface area contributed by atoms with Crippen LogP contribution in [0.4, 0.5) is 0 Å². The number of ketones is 1. The molecule has 1 aromatic carbocycles. The van der Waals surface area contributed by atoms with Crippen LogP contribution in [0.2, 0.25) is 10.0 Å². The Morgan fingerprint density at radius 2 is 2.10 bits per heavy atom. The Morgan fingerprint density at radius 3 is 2.73 bits per heavy atom. The summed E-state index contributed by atoms with van der Waals surface area (Å²) in [5.74, 6) is -0.920. The van der Waals surface area contributed by atoms with Crippen LogP contribution in [0.25, 0.3) is 5.57 Å². The number of allylic oxidation sites excluding steroid dienone is 2. The maximum absolute atomic E-state index is 12.1. The molecule has 0 bridgehead atoms. The first kappa shape index (κ1) is 20.9. The molecule has 0 radical (unpaired) electrons. The van der Waals surface area contributed by atoms with Gasteiger partial charge in [0.25, 0.3) is 0 Å². The minimum absolute atomic E-state index is 0.0862. The SMILES string of the molecule is CCC12CCC(=O)C=C1c1c(cc(OC(C)(C(=O)O)c3ccccn3)c(Cl)c1Cl)C2. The largest absolute Gasteiger partial charge is 0.478 e. The van der Waals surface area contributed by atoms with Gasteiger partial charge in [0.2, 0.25) is 5.60 Å². The fourth-order valence-corrected chi connectivity index (χ4v) is 4.99. The number of hydrogen-bond donors (Lipinski definition) is 1. The summed E-state index contributed by atoms with van der Waals surface area (Å²) in [6.07, 6.45) is 6.04. The van der Waals surface area contributed by atoms with Gasteiger partial charge >= 0.3 is 5.97 Å². The summed E-state index contributed by atoms with van der Waals surface area (Å²) in [6.45, 7) is 3.54. The molecule has 0 aliphatic heterocycles. The van der Waals surface area contributed by atoms with E-state index in [0.717, 1.165) is 29.5 Å². The molecule has 1 heterocycles. The van der Waals surface area contributed by atoms with Gasteiger partial charge in [0.15, 0.2) is 5.78 Å². The molecule has 2 aliphatic carbocycles. The number of carbonyl (C=O) groups is 2. The molecule has 0 spiro atoms. The van der Waals surface area contributed by atoms with E-state index < -0.39 is 11.6 Å².